The van der Waals surface area contributed by atoms with Gasteiger partial charge in [0.1, 0.15) is 11.6 Å². The lowest BCUT2D eigenvalue weighted by Gasteiger charge is -2.23. The summed E-state index contributed by atoms with van der Waals surface area (Å²) in [5.41, 5.74) is -0.105. The van der Waals surface area contributed by atoms with Crippen molar-refractivity contribution in [3.8, 4) is 5.75 Å². The van der Waals surface area contributed by atoms with E-state index in [4.69, 9.17) is 16.3 Å². The van der Waals surface area contributed by atoms with Gasteiger partial charge < -0.3 is 14.5 Å². The third kappa shape index (κ3) is 5.70. The highest BCUT2D eigenvalue weighted by atomic mass is 35.5. The van der Waals surface area contributed by atoms with Gasteiger partial charge >= 0.3 is 0 Å². The van der Waals surface area contributed by atoms with Crippen molar-refractivity contribution in [2.75, 3.05) is 32.8 Å². The average molecular weight is 419 g/mol. The normalized spacial score (nSPS) is 14.4. The molecular formula is C22H24ClFN2O3. The first-order valence-corrected chi connectivity index (χ1v) is 10.1. The van der Waals surface area contributed by atoms with Crippen molar-refractivity contribution >= 4 is 23.4 Å². The number of carbonyl (C=O) groups is 2. The van der Waals surface area contributed by atoms with Crippen molar-refractivity contribution in [1.29, 1.82) is 0 Å². The van der Waals surface area contributed by atoms with Crippen molar-refractivity contribution in [2.24, 2.45) is 0 Å². The molecular weight excluding hydrogens is 395 g/mol. The molecule has 154 valence electrons. The maximum Gasteiger partial charge on any atom is 0.258 e. The van der Waals surface area contributed by atoms with Crippen molar-refractivity contribution in [2.45, 2.75) is 19.3 Å². The Morgan fingerprint density at radius 1 is 0.966 bits per heavy atom. The van der Waals surface area contributed by atoms with E-state index in [1.54, 1.807) is 9.80 Å². The fourth-order valence-corrected chi connectivity index (χ4v) is 3.56. The summed E-state index contributed by atoms with van der Waals surface area (Å²) in [6.07, 6.45) is 1.65. The zero-order valence-corrected chi connectivity index (χ0v) is 16.9. The van der Waals surface area contributed by atoms with Gasteiger partial charge in [-0.2, -0.15) is 0 Å². The highest BCUT2D eigenvalue weighted by molar-refractivity contribution is 6.33. The molecule has 3 rings (SSSR count). The van der Waals surface area contributed by atoms with Crippen LogP contribution in [0.15, 0.2) is 48.5 Å². The summed E-state index contributed by atoms with van der Waals surface area (Å²) in [6.45, 7) is 2.30. The van der Waals surface area contributed by atoms with E-state index in [9.17, 15) is 14.0 Å². The molecule has 0 atom stereocenters. The Balaban J connectivity index is 1.47. The van der Waals surface area contributed by atoms with Gasteiger partial charge in [0.15, 0.2) is 0 Å². The molecule has 1 fully saturated rings. The van der Waals surface area contributed by atoms with Crippen LogP contribution in [0.1, 0.15) is 29.6 Å². The van der Waals surface area contributed by atoms with Crippen LogP contribution in [0, 0.1) is 5.82 Å². The highest BCUT2D eigenvalue weighted by Crippen LogP contribution is 2.21. The zero-order valence-electron chi connectivity index (χ0n) is 16.2. The number of rotatable bonds is 6. The van der Waals surface area contributed by atoms with Gasteiger partial charge in [0.25, 0.3) is 5.91 Å². The molecule has 0 saturated carbocycles. The second-order valence-electron chi connectivity index (χ2n) is 6.89. The summed E-state index contributed by atoms with van der Waals surface area (Å²) in [6, 6.07) is 13.7. The lowest BCUT2D eigenvalue weighted by Crippen LogP contribution is -2.37. The Kier molecular flexibility index (Phi) is 7.47. The van der Waals surface area contributed by atoms with Crippen LogP contribution < -0.4 is 4.74 Å². The van der Waals surface area contributed by atoms with Crippen LogP contribution in [-0.2, 0) is 4.79 Å². The van der Waals surface area contributed by atoms with Crippen LogP contribution in [0.2, 0.25) is 5.02 Å². The second kappa shape index (κ2) is 10.3. The number of carbonyl (C=O) groups excluding carboxylic acids is 2. The smallest absolute Gasteiger partial charge is 0.258 e. The van der Waals surface area contributed by atoms with Crippen LogP contribution in [0.25, 0.3) is 0 Å². The minimum atomic E-state index is -0.627. The molecule has 0 aromatic heterocycles. The fraction of sp³-hybridized carbons (Fsp3) is 0.364. The molecule has 1 aliphatic heterocycles. The molecule has 1 heterocycles. The average Bonchev–Trinajstić information content (AvgIpc) is 2.98. The van der Waals surface area contributed by atoms with E-state index in [-0.39, 0.29) is 16.5 Å². The van der Waals surface area contributed by atoms with E-state index in [1.807, 2.05) is 30.3 Å². The topological polar surface area (TPSA) is 49.9 Å². The van der Waals surface area contributed by atoms with Gasteiger partial charge in [0, 0.05) is 32.6 Å². The summed E-state index contributed by atoms with van der Waals surface area (Å²) in [4.78, 5) is 28.5. The van der Waals surface area contributed by atoms with Gasteiger partial charge in [-0.15, -0.1) is 0 Å². The first-order chi connectivity index (χ1) is 14.1. The molecule has 2 aromatic carbocycles. The maximum atomic E-state index is 14.0. The van der Waals surface area contributed by atoms with Crippen LogP contribution in [0.5, 0.6) is 5.75 Å². The highest BCUT2D eigenvalue weighted by Gasteiger charge is 2.25. The predicted octanol–water partition coefficient (Wildman–Crippen LogP) is 4.01. The van der Waals surface area contributed by atoms with Gasteiger partial charge in [-0.1, -0.05) is 35.9 Å². The van der Waals surface area contributed by atoms with E-state index in [0.717, 1.165) is 5.75 Å². The number of amides is 2. The summed E-state index contributed by atoms with van der Waals surface area (Å²) in [5, 5.41) is 0.102. The molecule has 2 aromatic rings. The molecule has 1 aliphatic rings. The minimum Gasteiger partial charge on any atom is -0.494 e. The number of para-hydroxylation sites is 1. The van der Waals surface area contributed by atoms with E-state index in [2.05, 4.69) is 0 Å². The Morgan fingerprint density at radius 2 is 1.69 bits per heavy atom. The Labute approximate surface area is 175 Å². The van der Waals surface area contributed by atoms with Crippen molar-refractivity contribution in [1.82, 2.24) is 9.80 Å². The number of nitrogens with zero attached hydrogens (tertiary/aromatic N) is 2. The SMILES string of the molecule is O=C(CCCOc1ccccc1)N1CCCN(C(=O)c2c(F)cccc2Cl)CC1. The third-order valence-corrected chi connectivity index (χ3v) is 5.17. The van der Waals surface area contributed by atoms with E-state index in [1.165, 1.54) is 18.2 Å². The summed E-state index contributed by atoms with van der Waals surface area (Å²) < 4.78 is 19.7. The molecule has 2 amide bonds. The van der Waals surface area contributed by atoms with Gasteiger partial charge in [-0.3, -0.25) is 9.59 Å². The molecule has 7 heteroatoms. The van der Waals surface area contributed by atoms with Gasteiger partial charge in [-0.25, -0.2) is 4.39 Å². The Hall–Kier alpha value is -2.60. The molecule has 5 nitrogen and oxygen atoms in total. The van der Waals surface area contributed by atoms with Crippen molar-refractivity contribution < 1.29 is 18.7 Å². The fourth-order valence-electron chi connectivity index (χ4n) is 3.32. The van der Waals surface area contributed by atoms with Gasteiger partial charge in [0.2, 0.25) is 5.91 Å². The molecule has 29 heavy (non-hydrogen) atoms. The molecule has 0 aliphatic carbocycles. The first-order valence-electron chi connectivity index (χ1n) is 9.75. The van der Waals surface area contributed by atoms with Gasteiger partial charge in [-0.05, 0) is 37.1 Å². The van der Waals surface area contributed by atoms with Crippen LogP contribution in [0.4, 0.5) is 4.39 Å². The number of halogens is 2. The number of benzene rings is 2. The minimum absolute atomic E-state index is 0.0416. The van der Waals surface area contributed by atoms with E-state index < -0.39 is 11.7 Å². The maximum absolute atomic E-state index is 14.0. The predicted molar refractivity (Wildman–Crippen MR) is 110 cm³/mol. The van der Waals surface area contributed by atoms with Crippen LogP contribution >= 0.6 is 11.6 Å². The zero-order chi connectivity index (χ0) is 20.6. The largest absolute Gasteiger partial charge is 0.494 e. The quantitative estimate of drug-likeness (QED) is 0.666. The molecule has 0 unspecified atom stereocenters. The lowest BCUT2D eigenvalue weighted by atomic mass is 10.1. The van der Waals surface area contributed by atoms with Gasteiger partial charge in [0.05, 0.1) is 17.2 Å². The number of ether oxygens (including phenoxy) is 1. The monoisotopic (exact) mass is 418 g/mol. The summed E-state index contributed by atoms with van der Waals surface area (Å²) in [5.74, 6) is -0.229. The van der Waals surface area contributed by atoms with E-state index in [0.29, 0.717) is 52.0 Å². The van der Waals surface area contributed by atoms with Crippen molar-refractivity contribution in [3.05, 3.63) is 64.9 Å². The number of hydrogen-bond acceptors (Lipinski definition) is 3. The molecule has 0 N–H and O–H groups in total. The lowest BCUT2D eigenvalue weighted by molar-refractivity contribution is -0.131. The Bertz CT molecular complexity index is 827. The van der Waals surface area contributed by atoms with Crippen molar-refractivity contribution in [3.63, 3.8) is 0 Å². The third-order valence-electron chi connectivity index (χ3n) is 4.86. The molecule has 1 saturated heterocycles. The first kappa shape index (κ1) is 21.1. The van der Waals surface area contributed by atoms with Crippen LogP contribution in [-0.4, -0.2) is 54.4 Å². The summed E-state index contributed by atoms with van der Waals surface area (Å²) in [7, 11) is 0. The molecule has 0 spiro atoms. The Morgan fingerprint density at radius 3 is 2.45 bits per heavy atom. The van der Waals surface area contributed by atoms with E-state index >= 15 is 0 Å². The standard InChI is InChI=1S/C22H24ClFN2O3/c23-18-9-4-10-19(24)21(18)22(28)26-13-6-12-25(14-15-26)20(27)11-5-16-29-17-7-2-1-3-8-17/h1-4,7-10H,5-6,11-16H2. The molecule has 0 radical (unpaired) electrons. The number of hydrogen-bond donors (Lipinski definition) is 0. The second-order valence-corrected chi connectivity index (χ2v) is 7.30. The van der Waals surface area contributed by atoms with Crippen LogP contribution in [0.3, 0.4) is 0 Å². The molecule has 0 bridgehead atoms. The summed E-state index contributed by atoms with van der Waals surface area (Å²) >= 11 is 6.01.